The third-order valence-electron chi connectivity index (χ3n) is 3.97. The number of carbonyl (C=O) groups is 3. The topological polar surface area (TPSA) is 175 Å². The van der Waals surface area contributed by atoms with E-state index >= 15 is 0 Å². The second kappa shape index (κ2) is 6.92. The highest BCUT2D eigenvalue weighted by atomic mass is 32.2. The zero-order valence-electron chi connectivity index (χ0n) is 13.5. The Morgan fingerprint density at radius 2 is 2.26 bits per heavy atom. The van der Waals surface area contributed by atoms with Crippen molar-refractivity contribution >= 4 is 50.8 Å². The zero-order valence-corrected chi connectivity index (χ0v) is 15.1. The minimum Gasteiger partial charge on any atom is -0.477 e. The van der Waals surface area contributed by atoms with Crippen molar-refractivity contribution < 1.29 is 28.9 Å². The Kier molecular flexibility index (Phi) is 4.80. The minimum absolute atomic E-state index is 0.00552. The summed E-state index contributed by atoms with van der Waals surface area (Å²) in [7, 11) is -1.66. The summed E-state index contributed by atoms with van der Waals surface area (Å²) >= 11 is 1.02. The predicted octanol–water partition coefficient (Wildman–Crippen LogP) is -1.16. The number of carboxylic acid groups (broad SMARTS) is 1. The average molecular weight is 411 g/mol. The van der Waals surface area contributed by atoms with Gasteiger partial charge in [-0.05, 0) is 5.57 Å². The molecule has 0 saturated carbocycles. The lowest BCUT2D eigenvalue weighted by Gasteiger charge is -2.48. The van der Waals surface area contributed by atoms with Crippen molar-refractivity contribution in [2.75, 3.05) is 11.5 Å². The molecule has 3 heterocycles. The van der Waals surface area contributed by atoms with Gasteiger partial charge in [-0.1, -0.05) is 17.8 Å². The highest BCUT2D eigenvalue weighted by molar-refractivity contribution is 7.86. The fraction of sp³-hybridized carbons (Fsp3) is 0.214. The number of aliphatic carboxylic acids is 1. The van der Waals surface area contributed by atoms with Crippen molar-refractivity contribution in [3.8, 4) is 0 Å². The van der Waals surface area contributed by atoms with Gasteiger partial charge in [0.05, 0.1) is 16.6 Å². The number of carbonyl (C=O) groups excluding carboxylic acids is 2. The van der Waals surface area contributed by atoms with Gasteiger partial charge in [-0.15, -0.1) is 11.3 Å². The number of oxime groups is 1. The molecule has 1 aromatic heterocycles. The van der Waals surface area contributed by atoms with E-state index in [1.54, 1.807) is 0 Å². The van der Waals surface area contributed by atoms with Crippen molar-refractivity contribution in [3.63, 3.8) is 0 Å². The monoisotopic (exact) mass is 411 g/mol. The molecule has 13 heteroatoms. The van der Waals surface area contributed by atoms with Crippen LogP contribution in [-0.4, -0.2) is 65.1 Å². The summed E-state index contributed by atoms with van der Waals surface area (Å²) in [4.78, 5) is 40.9. The highest BCUT2D eigenvalue weighted by Crippen LogP contribution is 2.35. The lowest BCUT2D eigenvalue weighted by atomic mass is 10.0. The predicted molar refractivity (Wildman–Crippen MR) is 95.3 cm³/mol. The number of nitrogens with zero attached hydrogens (tertiary/aromatic N) is 3. The summed E-state index contributed by atoms with van der Waals surface area (Å²) in [6, 6.07) is -1.23. The molecule has 1 aromatic rings. The van der Waals surface area contributed by atoms with E-state index in [1.807, 2.05) is 0 Å². The van der Waals surface area contributed by atoms with Gasteiger partial charge in [0, 0.05) is 5.38 Å². The maximum absolute atomic E-state index is 12.4. The molecule has 1 saturated heterocycles. The van der Waals surface area contributed by atoms with Gasteiger partial charge < -0.3 is 21.4 Å². The second-order valence-electron chi connectivity index (χ2n) is 5.48. The number of hydrogen-bond acceptors (Lipinski definition) is 9. The molecular formula is C14H13N5O6S2. The molecule has 2 aliphatic heterocycles. The van der Waals surface area contributed by atoms with Crippen LogP contribution in [0.3, 0.4) is 0 Å². The van der Waals surface area contributed by atoms with E-state index in [4.69, 9.17) is 10.9 Å². The summed E-state index contributed by atoms with van der Waals surface area (Å²) in [6.07, 6.45) is 1.24. The van der Waals surface area contributed by atoms with Crippen molar-refractivity contribution in [3.05, 3.63) is 35.0 Å². The van der Waals surface area contributed by atoms with E-state index in [-0.39, 0.29) is 27.8 Å². The molecule has 0 radical (unpaired) electrons. The van der Waals surface area contributed by atoms with E-state index in [1.165, 1.54) is 11.5 Å². The van der Waals surface area contributed by atoms with E-state index in [0.717, 1.165) is 16.2 Å². The first kappa shape index (κ1) is 18.7. The Hall–Kier alpha value is -3.06. The van der Waals surface area contributed by atoms with Gasteiger partial charge in [-0.25, -0.2) is 9.78 Å². The van der Waals surface area contributed by atoms with Crippen LogP contribution in [0.25, 0.3) is 0 Å². The maximum Gasteiger partial charge on any atom is 0.352 e. The van der Waals surface area contributed by atoms with Crippen LogP contribution >= 0.6 is 11.3 Å². The molecule has 1 fully saturated rings. The fourth-order valence-electron chi connectivity index (χ4n) is 2.78. The molecule has 0 aromatic carbocycles. The first-order valence-electron chi connectivity index (χ1n) is 7.33. The molecule has 2 aliphatic rings. The van der Waals surface area contributed by atoms with Crippen LogP contribution in [0.1, 0.15) is 5.69 Å². The molecule has 11 nitrogen and oxygen atoms in total. The van der Waals surface area contributed by atoms with Crippen LogP contribution in [0.2, 0.25) is 0 Å². The first-order chi connectivity index (χ1) is 12.8. The summed E-state index contributed by atoms with van der Waals surface area (Å²) in [5.74, 6) is -3.16. The quantitative estimate of drug-likeness (QED) is 0.203. The molecule has 3 unspecified atom stereocenters. The van der Waals surface area contributed by atoms with Crippen LogP contribution in [0.5, 0.6) is 0 Å². The van der Waals surface area contributed by atoms with Gasteiger partial charge in [0.1, 0.15) is 22.8 Å². The number of rotatable bonds is 5. The van der Waals surface area contributed by atoms with Crippen molar-refractivity contribution in [1.29, 1.82) is 0 Å². The lowest BCUT2D eigenvalue weighted by Crippen LogP contribution is -2.74. The van der Waals surface area contributed by atoms with E-state index < -0.39 is 45.7 Å². The largest absolute Gasteiger partial charge is 0.477 e. The number of fused-ring (bicyclic) bond motifs is 1. The molecule has 2 amide bonds. The standard InChI is InChI=1S/C14H13N5O6S2/c1-2-5-4-27(25)12-8(11(21)19(12)9(5)13(22)23)17-10(20)7(18-24)6-3-26-14(15)16-6/h2-3,8,12,24H,1,4H2,(H2,15,16)(H,17,20)(H,22,23). The molecular weight excluding hydrogens is 398 g/mol. The molecule has 0 bridgehead atoms. The summed E-state index contributed by atoms with van der Waals surface area (Å²) in [5, 5.41) is 24.1. The Bertz CT molecular complexity index is 952. The number of nitrogen functional groups attached to an aromatic ring is 1. The Balaban J connectivity index is 1.84. The molecule has 142 valence electrons. The van der Waals surface area contributed by atoms with Gasteiger partial charge >= 0.3 is 5.97 Å². The lowest BCUT2D eigenvalue weighted by molar-refractivity contribution is -0.150. The van der Waals surface area contributed by atoms with Gasteiger partial charge in [-0.2, -0.15) is 0 Å². The fourth-order valence-corrected chi connectivity index (χ4v) is 4.99. The summed E-state index contributed by atoms with van der Waals surface area (Å²) in [6.45, 7) is 3.47. The number of allylic oxidation sites excluding steroid dienone is 1. The van der Waals surface area contributed by atoms with Crippen LogP contribution in [0, 0.1) is 0 Å². The van der Waals surface area contributed by atoms with Crippen LogP contribution in [-0.2, 0) is 25.2 Å². The van der Waals surface area contributed by atoms with Crippen LogP contribution in [0.15, 0.2) is 34.5 Å². The number of aromatic nitrogens is 1. The number of nitrogens with one attached hydrogen (secondary N) is 1. The van der Waals surface area contributed by atoms with E-state index in [0.29, 0.717) is 0 Å². The van der Waals surface area contributed by atoms with Crippen LogP contribution in [0.4, 0.5) is 5.13 Å². The zero-order chi connectivity index (χ0) is 19.9. The Morgan fingerprint density at radius 1 is 1.56 bits per heavy atom. The number of anilines is 1. The third kappa shape index (κ3) is 3.00. The SMILES string of the molecule is C=CC1=C(C(=O)O)N2C(=O)C(NC(=O)C(=NO)c3csc(N)n3)C2S(=O)C1. The third-order valence-corrected chi connectivity index (χ3v) is 6.26. The second-order valence-corrected chi connectivity index (χ2v) is 7.90. The summed E-state index contributed by atoms with van der Waals surface area (Å²) in [5.41, 5.74) is 4.87. The highest BCUT2D eigenvalue weighted by Gasteiger charge is 2.57. The number of β-lactam (4-membered cyclic amide) rings is 1. The number of hydrogen-bond donors (Lipinski definition) is 4. The average Bonchev–Trinajstić information content (AvgIpc) is 3.05. The van der Waals surface area contributed by atoms with E-state index in [2.05, 4.69) is 22.0 Å². The number of carboxylic acids is 1. The molecule has 0 spiro atoms. The smallest absolute Gasteiger partial charge is 0.352 e. The molecule has 3 rings (SSSR count). The van der Waals surface area contributed by atoms with Crippen LogP contribution < -0.4 is 11.1 Å². The molecule has 5 N–H and O–H groups in total. The van der Waals surface area contributed by atoms with Crippen molar-refractivity contribution in [2.24, 2.45) is 5.16 Å². The maximum atomic E-state index is 12.4. The van der Waals surface area contributed by atoms with Crippen molar-refractivity contribution in [2.45, 2.75) is 11.4 Å². The van der Waals surface area contributed by atoms with Gasteiger partial charge in [0.15, 0.2) is 10.8 Å². The minimum atomic E-state index is -1.66. The van der Waals surface area contributed by atoms with Gasteiger partial charge in [0.25, 0.3) is 11.8 Å². The van der Waals surface area contributed by atoms with Crippen molar-refractivity contribution in [1.82, 2.24) is 15.2 Å². The van der Waals surface area contributed by atoms with E-state index in [9.17, 15) is 23.7 Å². The first-order valence-corrected chi connectivity index (χ1v) is 9.59. The Labute approximate surface area is 158 Å². The Morgan fingerprint density at radius 3 is 2.78 bits per heavy atom. The molecule has 0 aliphatic carbocycles. The summed E-state index contributed by atoms with van der Waals surface area (Å²) < 4.78 is 12.4. The van der Waals surface area contributed by atoms with Gasteiger partial charge in [0.2, 0.25) is 0 Å². The normalized spacial score (nSPS) is 24.9. The van der Waals surface area contributed by atoms with Gasteiger partial charge in [-0.3, -0.25) is 18.7 Å². The number of nitrogens with two attached hydrogens (primary N) is 1. The molecule has 3 atom stereocenters. The number of thiazole rings is 1. The molecule has 27 heavy (non-hydrogen) atoms. The number of amides is 2.